The monoisotopic (exact) mass is 519 g/mol. The molecule has 1 aliphatic rings. The largest absolute Gasteiger partial charge is 0.507 e. The van der Waals surface area contributed by atoms with Gasteiger partial charge in [0.2, 0.25) is 0 Å². The lowest BCUT2D eigenvalue weighted by atomic mass is 9.94. The van der Waals surface area contributed by atoms with Crippen LogP contribution in [0.15, 0.2) is 66.2 Å². The molecule has 1 unspecified atom stereocenters. The maximum Gasteiger partial charge on any atom is 0.300 e. The van der Waals surface area contributed by atoms with Gasteiger partial charge in [0.1, 0.15) is 23.0 Å². The molecule has 9 nitrogen and oxygen atoms in total. The summed E-state index contributed by atoms with van der Waals surface area (Å²) in [5.74, 6) is 0.304. The molecule has 38 heavy (non-hydrogen) atoms. The number of hydrogen-bond acceptors (Lipinski definition) is 8. The van der Waals surface area contributed by atoms with E-state index < -0.39 is 17.7 Å². The van der Waals surface area contributed by atoms with Crippen molar-refractivity contribution in [3.63, 3.8) is 0 Å². The molecular weight excluding hydrogens is 490 g/mol. The molecule has 0 spiro atoms. The maximum atomic E-state index is 13.5. The number of carbonyl (C=O) groups excluding carboxylic acids is 2. The van der Waals surface area contributed by atoms with Gasteiger partial charge in [-0.05, 0) is 61.0 Å². The number of rotatable bonds is 9. The van der Waals surface area contributed by atoms with Crippen molar-refractivity contribution in [2.24, 2.45) is 0 Å². The van der Waals surface area contributed by atoms with E-state index in [-0.39, 0.29) is 22.6 Å². The summed E-state index contributed by atoms with van der Waals surface area (Å²) >= 11 is 0. The number of benzene rings is 3. The fourth-order valence-electron chi connectivity index (χ4n) is 4.43. The van der Waals surface area contributed by atoms with Crippen LogP contribution in [0.1, 0.15) is 24.1 Å². The molecule has 0 radical (unpaired) electrons. The molecule has 198 valence electrons. The predicted molar refractivity (Wildman–Crippen MR) is 141 cm³/mol. The Bertz CT molecular complexity index is 1380. The number of amides is 1. The van der Waals surface area contributed by atoms with E-state index in [4.69, 9.17) is 23.7 Å². The Balaban J connectivity index is 1.97. The van der Waals surface area contributed by atoms with E-state index >= 15 is 0 Å². The average Bonchev–Trinajstić information content (AvgIpc) is 3.22. The van der Waals surface area contributed by atoms with Gasteiger partial charge in [0.15, 0.2) is 11.5 Å². The van der Waals surface area contributed by atoms with Gasteiger partial charge in [0.05, 0.1) is 52.2 Å². The number of aliphatic hydroxyl groups excluding tert-OH is 1. The molecule has 1 saturated heterocycles. The van der Waals surface area contributed by atoms with Crippen molar-refractivity contribution in [2.75, 3.05) is 39.9 Å². The number of hydrogen-bond donors (Lipinski definition) is 1. The lowest BCUT2D eigenvalue weighted by Gasteiger charge is -2.26. The second-order valence-corrected chi connectivity index (χ2v) is 8.28. The molecule has 1 aliphatic heterocycles. The summed E-state index contributed by atoms with van der Waals surface area (Å²) in [5, 5.41) is 11.5. The molecule has 4 rings (SSSR count). The summed E-state index contributed by atoms with van der Waals surface area (Å²) in [7, 11) is 6.01. The van der Waals surface area contributed by atoms with Gasteiger partial charge in [-0.25, -0.2) is 0 Å². The number of carbonyl (C=O) groups is 2. The molecule has 1 amide bonds. The van der Waals surface area contributed by atoms with E-state index in [9.17, 15) is 14.7 Å². The van der Waals surface area contributed by atoms with Crippen LogP contribution in [0.25, 0.3) is 5.76 Å². The van der Waals surface area contributed by atoms with Gasteiger partial charge in [-0.3, -0.25) is 14.5 Å². The van der Waals surface area contributed by atoms with E-state index in [0.29, 0.717) is 40.9 Å². The van der Waals surface area contributed by atoms with Crippen LogP contribution >= 0.6 is 0 Å². The third kappa shape index (κ3) is 4.70. The lowest BCUT2D eigenvalue weighted by molar-refractivity contribution is -0.132. The molecule has 9 heteroatoms. The van der Waals surface area contributed by atoms with Crippen LogP contribution in [-0.4, -0.2) is 51.8 Å². The zero-order valence-electron chi connectivity index (χ0n) is 21.8. The van der Waals surface area contributed by atoms with E-state index in [1.165, 1.54) is 33.3 Å². The molecule has 1 fully saturated rings. The standard InChI is InChI=1S/C29H29NO8/c1-6-38-24-15-17(7-14-22(24)36-4)26-25(27(31)21-13-12-20(35-3)16-23(21)37-5)28(32)29(33)30(26)18-8-10-19(34-2)11-9-18/h7-16,26,31H,6H2,1-5H3/b27-25+. The second-order valence-electron chi connectivity index (χ2n) is 8.28. The SMILES string of the molecule is CCOc1cc(C2/C(=C(\O)c3ccc(OC)cc3OC)C(=O)C(=O)N2c2ccc(OC)cc2)ccc1OC. The topological polar surface area (TPSA) is 104 Å². The second kappa shape index (κ2) is 11.2. The summed E-state index contributed by atoms with van der Waals surface area (Å²) in [5.41, 5.74) is 1.14. The molecule has 0 bridgehead atoms. The Hall–Kier alpha value is -4.66. The van der Waals surface area contributed by atoms with E-state index in [2.05, 4.69) is 0 Å². The fraction of sp³-hybridized carbons (Fsp3) is 0.241. The zero-order chi connectivity index (χ0) is 27.4. The molecule has 0 saturated carbocycles. The molecule has 1 N–H and O–H groups in total. The number of methoxy groups -OCH3 is 4. The van der Waals surface area contributed by atoms with Crippen LogP contribution in [0, 0.1) is 0 Å². The maximum absolute atomic E-state index is 13.5. The van der Waals surface area contributed by atoms with Crippen LogP contribution in [0.3, 0.4) is 0 Å². The van der Waals surface area contributed by atoms with Gasteiger partial charge in [-0.1, -0.05) is 6.07 Å². The molecule has 3 aromatic rings. The van der Waals surface area contributed by atoms with Crippen molar-refractivity contribution in [1.82, 2.24) is 0 Å². The van der Waals surface area contributed by atoms with Gasteiger partial charge in [0, 0.05) is 11.8 Å². The summed E-state index contributed by atoms with van der Waals surface area (Å²) in [6.45, 7) is 2.22. The van der Waals surface area contributed by atoms with Crippen LogP contribution in [-0.2, 0) is 9.59 Å². The third-order valence-corrected chi connectivity index (χ3v) is 6.26. The Morgan fingerprint density at radius 2 is 1.45 bits per heavy atom. The Morgan fingerprint density at radius 3 is 2.05 bits per heavy atom. The molecular formula is C29H29NO8. The number of nitrogens with zero attached hydrogens (tertiary/aromatic N) is 1. The summed E-state index contributed by atoms with van der Waals surface area (Å²) in [6.07, 6.45) is 0. The van der Waals surface area contributed by atoms with Crippen molar-refractivity contribution in [2.45, 2.75) is 13.0 Å². The van der Waals surface area contributed by atoms with Crippen molar-refractivity contribution in [3.05, 3.63) is 77.4 Å². The minimum absolute atomic E-state index is 0.0955. The van der Waals surface area contributed by atoms with Crippen molar-refractivity contribution < 1.29 is 38.4 Å². The highest BCUT2D eigenvalue weighted by atomic mass is 16.5. The molecule has 1 heterocycles. The minimum Gasteiger partial charge on any atom is -0.507 e. The highest BCUT2D eigenvalue weighted by Crippen LogP contribution is 2.45. The van der Waals surface area contributed by atoms with Gasteiger partial charge in [-0.2, -0.15) is 0 Å². The molecule has 0 aromatic heterocycles. The number of anilines is 1. The van der Waals surface area contributed by atoms with Gasteiger partial charge < -0.3 is 28.8 Å². The quantitative estimate of drug-likeness (QED) is 0.246. The van der Waals surface area contributed by atoms with Crippen molar-refractivity contribution >= 4 is 23.1 Å². The fourth-order valence-corrected chi connectivity index (χ4v) is 4.43. The third-order valence-electron chi connectivity index (χ3n) is 6.26. The van der Waals surface area contributed by atoms with Gasteiger partial charge in [-0.15, -0.1) is 0 Å². The predicted octanol–water partition coefficient (Wildman–Crippen LogP) is 4.75. The molecule has 0 aliphatic carbocycles. The van der Waals surface area contributed by atoms with Crippen LogP contribution < -0.4 is 28.6 Å². The molecule has 3 aromatic carbocycles. The number of ether oxygens (including phenoxy) is 5. The first-order valence-corrected chi connectivity index (χ1v) is 11.9. The Morgan fingerprint density at radius 1 is 0.789 bits per heavy atom. The van der Waals surface area contributed by atoms with Gasteiger partial charge in [0.25, 0.3) is 11.7 Å². The van der Waals surface area contributed by atoms with Crippen molar-refractivity contribution in [1.29, 1.82) is 0 Å². The van der Waals surface area contributed by atoms with E-state index in [0.717, 1.165) is 0 Å². The average molecular weight is 520 g/mol. The summed E-state index contributed by atoms with van der Waals surface area (Å²) < 4.78 is 27.1. The summed E-state index contributed by atoms with van der Waals surface area (Å²) in [4.78, 5) is 28.3. The number of ketones is 1. The van der Waals surface area contributed by atoms with Crippen LogP contribution in [0.5, 0.6) is 28.7 Å². The highest BCUT2D eigenvalue weighted by Gasteiger charge is 2.47. The lowest BCUT2D eigenvalue weighted by Crippen LogP contribution is -2.29. The van der Waals surface area contributed by atoms with Gasteiger partial charge >= 0.3 is 0 Å². The highest BCUT2D eigenvalue weighted by molar-refractivity contribution is 6.51. The van der Waals surface area contributed by atoms with Crippen molar-refractivity contribution in [3.8, 4) is 28.7 Å². The van der Waals surface area contributed by atoms with Crippen LogP contribution in [0.4, 0.5) is 5.69 Å². The Labute approximate surface area is 220 Å². The number of Topliss-reactive ketones (excluding diaryl/α,β-unsaturated/α-hetero) is 1. The minimum atomic E-state index is -0.972. The van der Waals surface area contributed by atoms with E-state index in [1.54, 1.807) is 60.7 Å². The zero-order valence-corrected chi connectivity index (χ0v) is 21.8. The summed E-state index contributed by atoms with van der Waals surface area (Å²) in [6, 6.07) is 15.7. The first-order chi connectivity index (χ1) is 18.4. The molecule has 1 atom stereocenters. The Kier molecular flexibility index (Phi) is 7.76. The normalized spacial score (nSPS) is 16.3. The smallest absolute Gasteiger partial charge is 0.300 e. The van der Waals surface area contributed by atoms with E-state index in [1.807, 2.05) is 6.92 Å². The van der Waals surface area contributed by atoms with Crippen LogP contribution in [0.2, 0.25) is 0 Å². The first kappa shape index (κ1) is 26.4. The first-order valence-electron chi connectivity index (χ1n) is 11.9. The number of aliphatic hydroxyl groups is 1.